The van der Waals surface area contributed by atoms with Crippen molar-refractivity contribution in [2.45, 2.75) is 19.4 Å². The normalized spacial score (nSPS) is 17.0. The quantitative estimate of drug-likeness (QED) is 0.916. The molecule has 2 aromatic rings. The monoisotopic (exact) mass is 328 g/mol. The van der Waals surface area contributed by atoms with E-state index in [0.29, 0.717) is 25.3 Å². The van der Waals surface area contributed by atoms with Gasteiger partial charge in [-0.2, -0.15) is 0 Å². The Kier molecular flexibility index (Phi) is 5.33. The number of carbonyl (C=O) groups excluding carboxylic acids is 1. The summed E-state index contributed by atoms with van der Waals surface area (Å²) in [4.78, 5) is 16.3. The highest BCUT2D eigenvalue weighted by molar-refractivity contribution is 5.91. The minimum atomic E-state index is -0.437. The van der Waals surface area contributed by atoms with Crippen LogP contribution in [0, 0.1) is 6.92 Å². The van der Waals surface area contributed by atoms with Gasteiger partial charge in [-0.25, -0.2) is 0 Å². The Bertz CT molecular complexity index is 644. The van der Waals surface area contributed by atoms with Crippen molar-refractivity contribution in [2.24, 2.45) is 0 Å². The summed E-state index contributed by atoms with van der Waals surface area (Å²) in [6, 6.07) is 11.5. The molecule has 3 rings (SSSR count). The molecule has 0 spiro atoms. The number of amides is 1. The molecule has 1 atom stereocenters. The Morgan fingerprint density at radius 2 is 1.88 bits per heavy atom. The van der Waals surface area contributed by atoms with Crippen molar-refractivity contribution in [3.63, 3.8) is 0 Å². The summed E-state index contributed by atoms with van der Waals surface area (Å²) in [5, 5.41) is 10.3. The van der Waals surface area contributed by atoms with Crippen LogP contribution in [-0.4, -0.2) is 53.5 Å². The number of hydrogen-bond donors (Lipinski definition) is 1. The fraction of sp³-hybridized carbons (Fsp3) is 0.421. The van der Waals surface area contributed by atoms with Crippen LogP contribution in [0.2, 0.25) is 0 Å². The lowest BCUT2D eigenvalue weighted by Gasteiger charge is -2.34. The van der Waals surface area contributed by atoms with E-state index >= 15 is 0 Å². The van der Waals surface area contributed by atoms with E-state index in [1.54, 1.807) is 12.1 Å². The van der Waals surface area contributed by atoms with Crippen molar-refractivity contribution >= 4 is 5.91 Å². The predicted molar refractivity (Wildman–Crippen MR) is 91.8 cm³/mol. The summed E-state index contributed by atoms with van der Waals surface area (Å²) in [6.45, 7) is 5.91. The summed E-state index contributed by atoms with van der Waals surface area (Å²) in [7, 11) is 0. The Morgan fingerprint density at radius 3 is 2.50 bits per heavy atom. The number of carbonyl (C=O) groups is 1. The van der Waals surface area contributed by atoms with Gasteiger partial charge in [0.1, 0.15) is 0 Å². The van der Waals surface area contributed by atoms with Crippen LogP contribution in [0.5, 0.6) is 0 Å². The Hall–Kier alpha value is -2.11. The average molecular weight is 328 g/mol. The fourth-order valence-corrected chi connectivity index (χ4v) is 2.99. The lowest BCUT2D eigenvalue weighted by Crippen LogP contribution is -2.48. The van der Waals surface area contributed by atoms with Gasteiger partial charge in [0.2, 0.25) is 0 Å². The highest BCUT2D eigenvalue weighted by atomic mass is 16.3. The van der Waals surface area contributed by atoms with Gasteiger partial charge in [-0.05, 0) is 31.0 Å². The first-order valence-electron chi connectivity index (χ1n) is 8.43. The SMILES string of the molecule is Cc1ccc(C(O)CCN2CCN(C(=O)c3ccco3)CC2)cc1. The summed E-state index contributed by atoms with van der Waals surface area (Å²) in [5.74, 6) is 0.359. The molecular weight excluding hydrogens is 304 g/mol. The Balaban J connectivity index is 1.44. The van der Waals surface area contributed by atoms with Crippen molar-refractivity contribution < 1.29 is 14.3 Å². The summed E-state index contributed by atoms with van der Waals surface area (Å²) in [5.41, 5.74) is 2.16. The van der Waals surface area contributed by atoms with Crippen molar-refractivity contribution in [1.82, 2.24) is 9.80 Å². The van der Waals surface area contributed by atoms with Crippen LogP contribution in [0.4, 0.5) is 0 Å². The maximum atomic E-state index is 12.2. The van der Waals surface area contributed by atoms with E-state index in [0.717, 1.165) is 25.2 Å². The molecule has 1 aliphatic rings. The maximum absolute atomic E-state index is 12.2. The third-order valence-electron chi connectivity index (χ3n) is 4.57. The third-order valence-corrected chi connectivity index (χ3v) is 4.57. The van der Waals surface area contributed by atoms with Crippen molar-refractivity contribution in [3.8, 4) is 0 Å². The van der Waals surface area contributed by atoms with Gasteiger partial charge < -0.3 is 14.4 Å². The van der Waals surface area contributed by atoms with E-state index in [-0.39, 0.29) is 5.91 Å². The van der Waals surface area contributed by atoms with Crippen LogP contribution in [0.3, 0.4) is 0 Å². The van der Waals surface area contributed by atoms with Crippen LogP contribution in [0.1, 0.15) is 34.2 Å². The highest BCUT2D eigenvalue weighted by Gasteiger charge is 2.23. The summed E-state index contributed by atoms with van der Waals surface area (Å²) in [6.07, 6.45) is 1.79. The standard InChI is InChI=1S/C19H24N2O3/c1-15-4-6-16(7-5-15)17(22)8-9-20-10-12-21(13-11-20)19(23)18-3-2-14-24-18/h2-7,14,17,22H,8-13H2,1H3. The number of nitrogens with zero attached hydrogens (tertiary/aromatic N) is 2. The smallest absolute Gasteiger partial charge is 0.289 e. The number of benzene rings is 1. The van der Waals surface area contributed by atoms with E-state index in [2.05, 4.69) is 4.90 Å². The zero-order valence-electron chi connectivity index (χ0n) is 14.0. The molecule has 1 unspecified atom stereocenters. The highest BCUT2D eigenvalue weighted by Crippen LogP contribution is 2.18. The molecule has 1 amide bonds. The molecule has 5 heteroatoms. The molecule has 0 saturated carbocycles. The second-order valence-electron chi connectivity index (χ2n) is 6.33. The van der Waals surface area contributed by atoms with E-state index in [1.165, 1.54) is 11.8 Å². The number of aliphatic hydroxyl groups excluding tert-OH is 1. The van der Waals surface area contributed by atoms with Gasteiger partial charge in [0.05, 0.1) is 12.4 Å². The molecule has 1 fully saturated rings. The Labute approximate surface area is 142 Å². The number of furan rings is 1. The van der Waals surface area contributed by atoms with Crippen LogP contribution < -0.4 is 0 Å². The molecule has 1 aliphatic heterocycles. The first-order chi connectivity index (χ1) is 11.6. The molecule has 1 aromatic carbocycles. The molecule has 0 radical (unpaired) electrons. The first-order valence-corrected chi connectivity index (χ1v) is 8.43. The van der Waals surface area contributed by atoms with E-state index in [4.69, 9.17) is 4.42 Å². The van der Waals surface area contributed by atoms with Gasteiger partial charge in [0.25, 0.3) is 5.91 Å². The van der Waals surface area contributed by atoms with Gasteiger partial charge in [-0.1, -0.05) is 29.8 Å². The minimum absolute atomic E-state index is 0.0423. The molecule has 24 heavy (non-hydrogen) atoms. The molecule has 5 nitrogen and oxygen atoms in total. The van der Waals surface area contributed by atoms with E-state index in [9.17, 15) is 9.90 Å². The molecule has 2 heterocycles. The topological polar surface area (TPSA) is 56.9 Å². The van der Waals surface area contributed by atoms with Gasteiger partial charge in [-0.3, -0.25) is 9.69 Å². The first kappa shape index (κ1) is 16.7. The molecule has 0 bridgehead atoms. The van der Waals surface area contributed by atoms with Crippen LogP contribution in [0.25, 0.3) is 0 Å². The number of hydrogen-bond acceptors (Lipinski definition) is 4. The molecular formula is C19H24N2O3. The number of rotatable bonds is 5. The van der Waals surface area contributed by atoms with Crippen LogP contribution in [-0.2, 0) is 0 Å². The zero-order valence-corrected chi connectivity index (χ0v) is 14.0. The largest absolute Gasteiger partial charge is 0.459 e. The van der Waals surface area contributed by atoms with Crippen LogP contribution in [0.15, 0.2) is 47.1 Å². The van der Waals surface area contributed by atoms with Gasteiger partial charge in [-0.15, -0.1) is 0 Å². The lowest BCUT2D eigenvalue weighted by molar-refractivity contribution is 0.0578. The zero-order chi connectivity index (χ0) is 16.9. The Morgan fingerprint density at radius 1 is 1.17 bits per heavy atom. The second-order valence-corrected chi connectivity index (χ2v) is 6.33. The van der Waals surface area contributed by atoms with E-state index < -0.39 is 6.10 Å². The summed E-state index contributed by atoms with van der Waals surface area (Å²) < 4.78 is 5.17. The fourth-order valence-electron chi connectivity index (χ4n) is 2.99. The van der Waals surface area contributed by atoms with Gasteiger partial charge in [0.15, 0.2) is 5.76 Å². The summed E-state index contributed by atoms with van der Waals surface area (Å²) >= 11 is 0. The number of piperazine rings is 1. The predicted octanol–water partition coefficient (Wildman–Crippen LogP) is 2.47. The van der Waals surface area contributed by atoms with Gasteiger partial charge in [0, 0.05) is 32.7 Å². The van der Waals surface area contributed by atoms with Crippen molar-refractivity contribution in [1.29, 1.82) is 0 Å². The maximum Gasteiger partial charge on any atom is 0.289 e. The van der Waals surface area contributed by atoms with E-state index in [1.807, 2.05) is 36.1 Å². The van der Waals surface area contributed by atoms with Crippen molar-refractivity contribution in [3.05, 3.63) is 59.5 Å². The second kappa shape index (κ2) is 7.64. The van der Waals surface area contributed by atoms with Crippen LogP contribution >= 0.6 is 0 Å². The molecule has 128 valence electrons. The lowest BCUT2D eigenvalue weighted by atomic mass is 10.0. The number of aliphatic hydroxyl groups is 1. The third kappa shape index (κ3) is 4.04. The average Bonchev–Trinajstić information content (AvgIpc) is 3.15. The molecule has 1 saturated heterocycles. The number of aryl methyl sites for hydroxylation is 1. The van der Waals surface area contributed by atoms with Gasteiger partial charge >= 0.3 is 0 Å². The minimum Gasteiger partial charge on any atom is -0.459 e. The molecule has 1 N–H and O–H groups in total. The van der Waals surface area contributed by atoms with Crippen molar-refractivity contribution in [2.75, 3.05) is 32.7 Å². The molecule has 0 aliphatic carbocycles. The molecule has 1 aromatic heterocycles.